The van der Waals surface area contributed by atoms with E-state index in [4.69, 9.17) is 12.2 Å². The highest BCUT2D eigenvalue weighted by molar-refractivity contribution is 7.80. The van der Waals surface area contributed by atoms with Crippen LogP contribution in [-0.2, 0) is 6.54 Å². The summed E-state index contributed by atoms with van der Waals surface area (Å²) in [4.78, 5) is 4.14. The second-order valence-corrected chi connectivity index (χ2v) is 6.41. The summed E-state index contributed by atoms with van der Waals surface area (Å²) in [5.74, 6) is -1.56. The lowest BCUT2D eigenvalue weighted by molar-refractivity contribution is 0.134. The van der Waals surface area contributed by atoms with Gasteiger partial charge in [-0.05, 0) is 48.5 Å². The summed E-state index contributed by atoms with van der Waals surface area (Å²) in [5, 5.41) is 3.31. The molecule has 0 saturated carbocycles. The number of benzene rings is 2. The molecule has 0 unspecified atom stereocenters. The second kappa shape index (κ2) is 7.84. The van der Waals surface area contributed by atoms with Gasteiger partial charge in [0.05, 0.1) is 6.67 Å². The number of hydrogen-bond acceptors (Lipinski definition) is 2. The molecule has 0 atom stereocenters. The van der Waals surface area contributed by atoms with Crippen LogP contribution in [0, 0.1) is 17.5 Å². The number of thiocarbonyl (C=S) groups is 1. The van der Waals surface area contributed by atoms with Gasteiger partial charge in [-0.25, -0.2) is 13.2 Å². The summed E-state index contributed by atoms with van der Waals surface area (Å²) >= 11 is 5.37. The molecule has 0 aromatic heterocycles. The van der Waals surface area contributed by atoms with Crippen LogP contribution in [0.15, 0.2) is 42.5 Å². The summed E-state index contributed by atoms with van der Waals surface area (Å²) in [6.45, 7) is 2.96. The highest BCUT2D eigenvalue weighted by atomic mass is 32.1. The maximum atomic E-state index is 13.3. The van der Waals surface area contributed by atoms with Crippen LogP contribution in [0.1, 0.15) is 12.0 Å². The van der Waals surface area contributed by atoms with Gasteiger partial charge in [0.15, 0.2) is 5.11 Å². The third-order valence-electron chi connectivity index (χ3n) is 3.99. The van der Waals surface area contributed by atoms with Gasteiger partial charge in [-0.3, -0.25) is 4.90 Å². The molecule has 0 spiro atoms. The summed E-state index contributed by atoms with van der Waals surface area (Å²) in [5.41, 5.74) is 1.31. The van der Waals surface area contributed by atoms with E-state index < -0.39 is 11.6 Å². The maximum absolute atomic E-state index is 13.3. The Hall–Kier alpha value is -2.12. The average Bonchev–Trinajstić information content (AvgIpc) is 2.56. The Bertz CT molecular complexity index is 731. The second-order valence-electron chi connectivity index (χ2n) is 6.03. The lowest BCUT2D eigenvalue weighted by Crippen LogP contribution is -2.48. The normalized spacial score (nSPS) is 15.2. The van der Waals surface area contributed by atoms with E-state index in [2.05, 4.69) is 10.2 Å². The molecule has 1 N–H and O–H groups in total. The number of nitrogens with one attached hydrogen (secondary N) is 1. The van der Waals surface area contributed by atoms with Crippen LogP contribution in [0.5, 0.6) is 0 Å². The van der Waals surface area contributed by atoms with E-state index >= 15 is 0 Å². The van der Waals surface area contributed by atoms with Gasteiger partial charge in [0.25, 0.3) is 0 Å². The predicted molar refractivity (Wildman–Crippen MR) is 95.6 cm³/mol. The van der Waals surface area contributed by atoms with Crippen molar-refractivity contribution in [1.29, 1.82) is 0 Å². The third-order valence-corrected chi connectivity index (χ3v) is 4.35. The fourth-order valence-electron chi connectivity index (χ4n) is 2.84. The Morgan fingerprint density at radius 1 is 0.960 bits per heavy atom. The molecule has 2 aromatic carbocycles. The Morgan fingerprint density at radius 2 is 1.64 bits per heavy atom. The van der Waals surface area contributed by atoms with E-state index in [1.54, 1.807) is 12.1 Å². The molecule has 1 saturated heterocycles. The molecular formula is C18H18F3N3S. The first-order valence-corrected chi connectivity index (χ1v) is 8.39. The Morgan fingerprint density at radius 3 is 2.32 bits per heavy atom. The summed E-state index contributed by atoms with van der Waals surface area (Å²) < 4.78 is 39.6. The molecule has 1 aliphatic heterocycles. The smallest absolute Gasteiger partial charge is 0.174 e. The zero-order chi connectivity index (χ0) is 17.8. The minimum atomic E-state index is -0.651. The molecule has 0 aliphatic carbocycles. The van der Waals surface area contributed by atoms with E-state index in [9.17, 15) is 13.2 Å². The average molecular weight is 365 g/mol. The molecule has 132 valence electrons. The molecule has 0 amide bonds. The van der Waals surface area contributed by atoms with Crippen molar-refractivity contribution in [2.45, 2.75) is 13.0 Å². The molecule has 2 aromatic rings. The van der Waals surface area contributed by atoms with Crippen molar-refractivity contribution >= 4 is 23.0 Å². The largest absolute Gasteiger partial charge is 0.336 e. The summed E-state index contributed by atoms with van der Waals surface area (Å²) in [7, 11) is 0. The Kier molecular flexibility index (Phi) is 5.55. The lowest BCUT2D eigenvalue weighted by atomic mass is 10.2. The molecule has 1 heterocycles. The van der Waals surface area contributed by atoms with E-state index in [-0.39, 0.29) is 11.5 Å². The molecule has 3 rings (SSSR count). The van der Waals surface area contributed by atoms with Crippen LogP contribution in [0.2, 0.25) is 0 Å². The quantitative estimate of drug-likeness (QED) is 0.830. The number of nitrogens with zero attached hydrogens (tertiary/aromatic N) is 2. The van der Waals surface area contributed by atoms with Crippen LogP contribution in [0.25, 0.3) is 0 Å². The molecule has 1 aliphatic rings. The fraction of sp³-hybridized carbons (Fsp3) is 0.278. The van der Waals surface area contributed by atoms with Gasteiger partial charge in [-0.1, -0.05) is 12.1 Å². The fourth-order valence-corrected chi connectivity index (χ4v) is 3.11. The van der Waals surface area contributed by atoms with Crippen LogP contribution in [0.3, 0.4) is 0 Å². The van der Waals surface area contributed by atoms with E-state index in [0.29, 0.717) is 18.3 Å². The van der Waals surface area contributed by atoms with E-state index in [1.165, 1.54) is 24.3 Å². The van der Waals surface area contributed by atoms with Crippen LogP contribution >= 0.6 is 12.2 Å². The molecular weight excluding hydrogens is 347 g/mol. The number of anilines is 1. The SMILES string of the molecule is Fc1ccc(CN2CCCN(C(=S)Nc3cc(F)cc(F)c3)C2)cc1. The number of hydrogen-bond donors (Lipinski definition) is 1. The predicted octanol–water partition coefficient (Wildman–Crippen LogP) is 3.97. The van der Waals surface area contributed by atoms with Crippen molar-refractivity contribution in [3.05, 3.63) is 65.5 Å². The highest BCUT2D eigenvalue weighted by Crippen LogP contribution is 2.16. The first-order chi connectivity index (χ1) is 12.0. The summed E-state index contributed by atoms with van der Waals surface area (Å²) in [6, 6.07) is 9.65. The molecule has 25 heavy (non-hydrogen) atoms. The number of rotatable bonds is 3. The Balaban J connectivity index is 1.60. The standard InChI is InChI=1S/C18H18F3N3S/c19-14-4-2-13(3-5-14)11-23-6-1-7-24(12-23)18(25)22-17-9-15(20)8-16(21)10-17/h2-5,8-10H,1,6-7,11-12H2,(H,22,25). The van der Waals surface area contributed by atoms with Crippen molar-refractivity contribution in [3.63, 3.8) is 0 Å². The van der Waals surface area contributed by atoms with Gasteiger partial charge >= 0.3 is 0 Å². The first kappa shape index (κ1) is 17.7. The minimum Gasteiger partial charge on any atom is -0.336 e. The molecule has 7 heteroatoms. The van der Waals surface area contributed by atoms with Crippen molar-refractivity contribution in [2.75, 3.05) is 25.1 Å². The molecule has 0 radical (unpaired) electrons. The van der Waals surface area contributed by atoms with Crippen LogP contribution < -0.4 is 5.32 Å². The van der Waals surface area contributed by atoms with Gasteiger partial charge < -0.3 is 10.2 Å². The van der Waals surface area contributed by atoms with Gasteiger partial charge in [-0.2, -0.15) is 0 Å². The first-order valence-electron chi connectivity index (χ1n) is 7.98. The molecule has 0 bridgehead atoms. The van der Waals surface area contributed by atoms with E-state index in [0.717, 1.165) is 31.1 Å². The molecule has 3 nitrogen and oxygen atoms in total. The van der Waals surface area contributed by atoms with Gasteiger partial charge in [-0.15, -0.1) is 0 Å². The monoisotopic (exact) mass is 365 g/mol. The lowest BCUT2D eigenvalue weighted by Gasteiger charge is -2.37. The van der Waals surface area contributed by atoms with Gasteiger partial charge in [0.2, 0.25) is 0 Å². The third kappa shape index (κ3) is 4.93. The van der Waals surface area contributed by atoms with Crippen molar-refractivity contribution in [2.24, 2.45) is 0 Å². The van der Waals surface area contributed by atoms with Crippen molar-refractivity contribution in [1.82, 2.24) is 9.80 Å². The topological polar surface area (TPSA) is 18.5 Å². The van der Waals surface area contributed by atoms with Gasteiger partial charge in [0, 0.05) is 31.4 Å². The van der Waals surface area contributed by atoms with Crippen molar-refractivity contribution < 1.29 is 13.2 Å². The zero-order valence-electron chi connectivity index (χ0n) is 13.5. The summed E-state index contributed by atoms with van der Waals surface area (Å²) in [6.07, 6.45) is 0.917. The van der Waals surface area contributed by atoms with Crippen molar-refractivity contribution in [3.8, 4) is 0 Å². The molecule has 1 fully saturated rings. The maximum Gasteiger partial charge on any atom is 0.174 e. The van der Waals surface area contributed by atoms with Crippen LogP contribution in [-0.4, -0.2) is 34.7 Å². The zero-order valence-corrected chi connectivity index (χ0v) is 14.3. The van der Waals surface area contributed by atoms with Crippen LogP contribution in [0.4, 0.5) is 18.9 Å². The Labute approximate surface area is 150 Å². The number of halogens is 3. The van der Waals surface area contributed by atoms with Gasteiger partial charge in [0.1, 0.15) is 17.5 Å². The highest BCUT2D eigenvalue weighted by Gasteiger charge is 2.20. The van der Waals surface area contributed by atoms with E-state index in [1.807, 2.05) is 4.90 Å². The minimum absolute atomic E-state index is 0.253.